The third kappa shape index (κ3) is 4.40. The Morgan fingerprint density at radius 2 is 2.03 bits per heavy atom. The van der Waals surface area contributed by atoms with E-state index in [0.29, 0.717) is 35.3 Å². The molecule has 1 atom stereocenters. The molecule has 8 nitrogen and oxygen atoms in total. The third-order valence-electron chi connectivity index (χ3n) is 4.34. The molecule has 1 aromatic heterocycles. The number of hydrogen-bond acceptors (Lipinski definition) is 5. The molecule has 0 radical (unpaired) electrons. The van der Waals surface area contributed by atoms with E-state index in [2.05, 4.69) is 15.0 Å². The van der Waals surface area contributed by atoms with Gasteiger partial charge in [0.1, 0.15) is 5.82 Å². The molecule has 0 spiro atoms. The summed E-state index contributed by atoms with van der Waals surface area (Å²) in [5, 5.41) is 3.16. The summed E-state index contributed by atoms with van der Waals surface area (Å²) in [6.45, 7) is 2.42. The third-order valence-corrected chi connectivity index (χ3v) is 5.13. The highest BCUT2D eigenvalue weighted by Gasteiger charge is 2.16. The van der Waals surface area contributed by atoms with E-state index in [9.17, 15) is 13.4 Å². The van der Waals surface area contributed by atoms with Gasteiger partial charge >= 0.3 is 0 Å². The second kappa shape index (κ2) is 8.87. The van der Waals surface area contributed by atoms with Gasteiger partial charge in [-0.3, -0.25) is 18.6 Å². The molecule has 0 saturated carbocycles. The summed E-state index contributed by atoms with van der Waals surface area (Å²) in [6, 6.07) is 5.66. The number of aryl methyl sites for hydroxylation is 1. The van der Waals surface area contributed by atoms with Gasteiger partial charge in [0, 0.05) is 12.8 Å². The molecule has 0 amide bonds. The average Bonchev–Trinajstić information content (AvgIpc) is 2.68. The maximum absolute atomic E-state index is 14.4. The SMILES string of the molecule is COCCn1cnc2ccc(Nc3c(F)ccc(NS(=O)O)c3Cl)c(C)c2c1=O. The fourth-order valence-corrected chi connectivity index (χ4v) is 3.52. The second-order valence-corrected chi connectivity index (χ2v) is 7.21. The number of ether oxygens (including phenoxy) is 1. The van der Waals surface area contributed by atoms with Crippen molar-refractivity contribution in [2.45, 2.75) is 13.5 Å². The Hall–Kier alpha value is -2.53. The molecule has 3 aromatic rings. The van der Waals surface area contributed by atoms with E-state index >= 15 is 0 Å². The minimum Gasteiger partial charge on any atom is -0.383 e. The van der Waals surface area contributed by atoms with Crippen LogP contribution in [0.1, 0.15) is 5.56 Å². The van der Waals surface area contributed by atoms with Crippen LogP contribution >= 0.6 is 11.6 Å². The minimum absolute atomic E-state index is 0.0819. The van der Waals surface area contributed by atoms with Crippen molar-refractivity contribution in [2.24, 2.45) is 0 Å². The first-order chi connectivity index (χ1) is 13.8. The summed E-state index contributed by atoms with van der Waals surface area (Å²) in [6.07, 6.45) is 1.46. The Morgan fingerprint density at radius 1 is 1.31 bits per heavy atom. The first kappa shape index (κ1) is 21.2. The molecule has 1 unspecified atom stereocenters. The first-order valence-electron chi connectivity index (χ1n) is 8.43. The Morgan fingerprint density at radius 3 is 2.72 bits per heavy atom. The second-order valence-electron chi connectivity index (χ2n) is 6.13. The van der Waals surface area contributed by atoms with E-state index in [4.69, 9.17) is 20.9 Å². The number of nitrogens with zero attached hydrogens (tertiary/aromatic N) is 2. The molecule has 1 heterocycles. The van der Waals surface area contributed by atoms with Gasteiger partial charge in [-0.2, -0.15) is 0 Å². The van der Waals surface area contributed by atoms with Crippen molar-refractivity contribution >= 4 is 50.8 Å². The van der Waals surface area contributed by atoms with E-state index in [-0.39, 0.29) is 22.0 Å². The molecule has 3 rings (SSSR count). The Kier molecular flexibility index (Phi) is 6.48. The Bertz CT molecular complexity index is 1150. The van der Waals surface area contributed by atoms with Gasteiger partial charge in [-0.25, -0.2) is 13.6 Å². The summed E-state index contributed by atoms with van der Waals surface area (Å²) < 4.78 is 43.0. The van der Waals surface area contributed by atoms with Gasteiger partial charge in [-0.05, 0) is 36.8 Å². The highest BCUT2D eigenvalue weighted by atomic mass is 35.5. The zero-order chi connectivity index (χ0) is 21.1. The normalized spacial score (nSPS) is 12.2. The number of anilines is 3. The van der Waals surface area contributed by atoms with E-state index in [1.807, 2.05) is 0 Å². The standard InChI is InChI=1S/C18H18ClFN4O4S/c1-10-12(22-17-11(20)3-4-14(16(17)19)23-29(26)27)5-6-13-15(10)18(25)24(9-21-13)7-8-28-2/h3-6,9,22-23H,7-8H2,1-2H3,(H,26,27). The minimum atomic E-state index is -2.37. The van der Waals surface area contributed by atoms with E-state index in [1.54, 1.807) is 26.2 Å². The van der Waals surface area contributed by atoms with Gasteiger partial charge in [0.2, 0.25) is 0 Å². The van der Waals surface area contributed by atoms with Crippen LogP contribution in [0.25, 0.3) is 10.9 Å². The van der Waals surface area contributed by atoms with Gasteiger partial charge in [-0.15, -0.1) is 0 Å². The van der Waals surface area contributed by atoms with E-state index in [1.165, 1.54) is 17.0 Å². The fraction of sp³-hybridized carbons (Fsp3) is 0.222. The maximum atomic E-state index is 14.4. The van der Waals surface area contributed by atoms with Gasteiger partial charge < -0.3 is 10.1 Å². The summed E-state index contributed by atoms with van der Waals surface area (Å²) in [7, 11) is 1.54. The summed E-state index contributed by atoms with van der Waals surface area (Å²) in [4.78, 5) is 17.1. The van der Waals surface area contributed by atoms with Gasteiger partial charge in [0.15, 0.2) is 0 Å². The summed E-state index contributed by atoms with van der Waals surface area (Å²) >= 11 is 3.82. The molecule has 11 heteroatoms. The lowest BCUT2D eigenvalue weighted by Gasteiger charge is -2.16. The molecular formula is C18H18ClFN4O4S. The van der Waals surface area contributed by atoms with Crippen LogP contribution in [0.15, 0.2) is 35.4 Å². The Labute approximate surface area is 173 Å². The first-order valence-corrected chi connectivity index (χ1v) is 9.92. The van der Waals surface area contributed by atoms with Crippen molar-refractivity contribution in [3.8, 4) is 0 Å². The van der Waals surface area contributed by atoms with Crippen molar-refractivity contribution in [1.29, 1.82) is 0 Å². The monoisotopic (exact) mass is 440 g/mol. The van der Waals surface area contributed by atoms with Gasteiger partial charge in [0.05, 0.1) is 46.8 Å². The van der Waals surface area contributed by atoms with Crippen LogP contribution in [0, 0.1) is 12.7 Å². The molecule has 0 saturated heterocycles. The van der Waals surface area contributed by atoms with Crippen LogP contribution in [0.4, 0.5) is 21.5 Å². The molecule has 0 aliphatic rings. The van der Waals surface area contributed by atoms with Crippen molar-refractivity contribution in [3.63, 3.8) is 0 Å². The number of fused-ring (bicyclic) bond motifs is 1. The van der Waals surface area contributed by atoms with Crippen LogP contribution in [0.2, 0.25) is 5.02 Å². The van der Waals surface area contributed by atoms with Crippen molar-refractivity contribution in [1.82, 2.24) is 9.55 Å². The van der Waals surface area contributed by atoms with Gasteiger partial charge in [-0.1, -0.05) is 11.6 Å². The number of aromatic nitrogens is 2. The van der Waals surface area contributed by atoms with E-state index < -0.39 is 17.1 Å². The number of hydrogen-bond donors (Lipinski definition) is 3. The lowest BCUT2D eigenvalue weighted by molar-refractivity contribution is 0.186. The average molecular weight is 441 g/mol. The highest BCUT2D eigenvalue weighted by molar-refractivity contribution is 7.80. The van der Waals surface area contributed by atoms with Crippen LogP contribution in [-0.4, -0.2) is 32.0 Å². The number of methoxy groups -OCH3 is 1. The number of benzene rings is 2. The molecular weight excluding hydrogens is 423 g/mol. The smallest absolute Gasteiger partial charge is 0.261 e. The molecule has 29 heavy (non-hydrogen) atoms. The van der Waals surface area contributed by atoms with Gasteiger partial charge in [0.25, 0.3) is 16.8 Å². The van der Waals surface area contributed by atoms with Crippen molar-refractivity contribution < 1.29 is 17.9 Å². The van der Waals surface area contributed by atoms with Crippen LogP contribution < -0.4 is 15.6 Å². The predicted octanol–water partition coefficient (Wildman–Crippen LogP) is 3.44. The van der Waals surface area contributed by atoms with Crippen LogP contribution in [-0.2, 0) is 22.5 Å². The zero-order valence-electron chi connectivity index (χ0n) is 15.5. The number of nitrogens with one attached hydrogen (secondary N) is 2. The molecule has 0 bridgehead atoms. The molecule has 0 aliphatic heterocycles. The molecule has 2 aromatic carbocycles. The quantitative estimate of drug-likeness (QED) is 0.486. The van der Waals surface area contributed by atoms with Crippen molar-refractivity contribution in [2.75, 3.05) is 23.8 Å². The largest absolute Gasteiger partial charge is 0.383 e. The summed E-state index contributed by atoms with van der Waals surface area (Å²) in [5.41, 5.74) is 1.26. The molecule has 154 valence electrons. The Balaban J connectivity index is 2.08. The molecule has 3 N–H and O–H groups in total. The van der Waals surface area contributed by atoms with E-state index in [0.717, 1.165) is 6.07 Å². The van der Waals surface area contributed by atoms with Crippen molar-refractivity contribution in [3.05, 3.63) is 57.3 Å². The zero-order valence-corrected chi connectivity index (χ0v) is 17.1. The van der Waals surface area contributed by atoms with Crippen LogP contribution in [0.3, 0.4) is 0 Å². The molecule has 0 fully saturated rings. The molecule has 0 aliphatic carbocycles. The lowest BCUT2D eigenvalue weighted by Crippen LogP contribution is -2.23. The number of rotatable bonds is 7. The predicted molar refractivity (Wildman–Crippen MR) is 112 cm³/mol. The topological polar surface area (TPSA) is 105 Å². The number of halogens is 2. The fourth-order valence-electron chi connectivity index (χ4n) is 2.86. The maximum Gasteiger partial charge on any atom is 0.261 e. The van der Waals surface area contributed by atoms with Crippen LogP contribution in [0.5, 0.6) is 0 Å². The highest BCUT2D eigenvalue weighted by Crippen LogP contribution is 2.36. The summed E-state index contributed by atoms with van der Waals surface area (Å²) in [5.74, 6) is -0.660. The lowest BCUT2D eigenvalue weighted by atomic mass is 10.1.